The first-order chi connectivity index (χ1) is 7.65. The van der Waals surface area contributed by atoms with Crippen molar-refractivity contribution in [3.63, 3.8) is 0 Å². The van der Waals surface area contributed by atoms with Gasteiger partial charge in [0.2, 0.25) is 0 Å². The molecule has 84 valence electrons. The minimum atomic E-state index is 0.789. The molecule has 0 atom stereocenters. The first kappa shape index (κ1) is 12.4. The zero-order valence-corrected chi connectivity index (χ0v) is 12.9. The molecule has 16 heavy (non-hydrogen) atoms. The van der Waals surface area contributed by atoms with Gasteiger partial charge in [-0.25, -0.2) is 0 Å². The van der Waals surface area contributed by atoms with Crippen molar-refractivity contribution in [2.45, 2.75) is 6.54 Å². The van der Waals surface area contributed by atoms with Gasteiger partial charge in [0, 0.05) is 31.4 Å². The quantitative estimate of drug-likeness (QED) is 0.736. The van der Waals surface area contributed by atoms with Crippen molar-refractivity contribution in [3.8, 4) is 0 Å². The van der Waals surface area contributed by atoms with Gasteiger partial charge in [0.25, 0.3) is 0 Å². The Morgan fingerprint density at radius 2 is 2.06 bits per heavy atom. The number of hydrogen-bond acceptors (Lipinski definition) is 2. The fraction of sp³-hybridized carbons (Fsp3) is 0.0909. The number of rotatable bonds is 3. The summed E-state index contributed by atoms with van der Waals surface area (Å²) in [4.78, 5) is 1.22. The molecule has 1 N–H and O–H groups in total. The van der Waals surface area contributed by atoms with E-state index in [1.807, 2.05) is 29.6 Å². The average Bonchev–Trinajstić information content (AvgIpc) is 2.63. The van der Waals surface area contributed by atoms with E-state index in [1.165, 1.54) is 4.88 Å². The van der Waals surface area contributed by atoms with Gasteiger partial charge in [-0.15, -0.1) is 11.3 Å². The molecule has 0 saturated heterocycles. The van der Waals surface area contributed by atoms with Gasteiger partial charge >= 0.3 is 0 Å². The number of thiophene rings is 1. The van der Waals surface area contributed by atoms with Gasteiger partial charge in [0.15, 0.2) is 0 Å². The van der Waals surface area contributed by atoms with Gasteiger partial charge < -0.3 is 5.32 Å². The zero-order chi connectivity index (χ0) is 11.5. The lowest BCUT2D eigenvalue weighted by Crippen LogP contribution is -1.97. The van der Waals surface area contributed by atoms with Crippen LogP contribution in [0.3, 0.4) is 0 Å². The second-order valence-electron chi connectivity index (χ2n) is 3.21. The zero-order valence-electron chi connectivity index (χ0n) is 8.14. The van der Waals surface area contributed by atoms with E-state index in [0.29, 0.717) is 0 Å². The summed E-state index contributed by atoms with van der Waals surface area (Å²) in [6, 6.07) is 8.04. The first-order valence-electron chi connectivity index (χ1n) is 4.57. The van der Waals surface area contributed by atoms with Crippen LogP contribution in [-0.4, -0.2) is 0 Å². The van der Waals surface area contributed by atoms with Crippen molar-refractivity contribution in [1.29, 1.82) is 0 Å². The Labute approximate surface area is 120 Å². The predicted molar refractivity (Wildman–Crippen MR) is 78.5 cm³/mol. The maximum absolute atomic E-state index is 5.86. The van der Waals surface area contributed by atoms with Gasteiger partial charge in [-0.05, 0) is 40.2 Å². The van der Waals surface area contributed by atoms with Gasteiger partial charge in [-0.1, -0.05) is 27.5 Å². The minimum Gasteiger partial charge on any atom is -0.379 e. The number of benzene rings is 1. The van der Waals surface area contributed by atoms with E-state index in [0.717, 1.165) is 26.2 Å². The Balaban J connectivity index is 2.04. The molecular weight excluding hydrogens is 373 g/mol. The third-order valence-electron chi connectivity index (χ3n) is 2.01. The van der Waals surface area contributed by atoms with Gasteiger partial charge in [0.05, 0.1) is 5.02 Å². The highest BCUT2D eigenvalue weighted by molar-refractivity contribution is 9.11. The number of nitrogens with one attached hydrogen (secondary N) is 1. The Kier molecular flexibility index (Phi) is 4.30. The average molecular weight is 382 g/mol. The van der Waals surface area contributed by atoms with Crippen LogP contribution in [0, 0.1) is 0 Å². The van der Waals surface area contributed by atoms with Gasteiger partial charge in [0.1, 0.15) is 0 Å². The molecule has 1 aromatic heterocycles. The van der Waals surface area contributed by atoms with E-state index < -0.39 is 0 Å². The van der Waals surface area contributed by atoms with Crippen LogP contribution in [0.2, 0.25) is 5.02 Å². The fourth-order valence-electron chi connectivity index (χ4n) is 1.26. The molecule has 2 rings (SSSR count). The van der Waals surface area contributed by atoms with Crippen molar-refractivity contribution in [2.75, 3.05) is 5.32 Å². The molecule has 1 aromatic carbocycles. The van der Waals surface area contributed by atoms with E-state index in [1.54, 1.807) is 11.3 Å². The standard InChI is InChI=1S/C11H8Br2ClNS/c12-7-1-2-11(10(13)3-7)15-5-9-4-8(14)6-16-9/h1-4,6,15H,5H2. The van der Waals surface area contributed by atoms with Crippen molar-refractivity contribution >= 4 is 60.5 Å². The number of halogens is 3. The van der Waals surface area contributed by atoms with Crippen LogP contribution in [0.15, 0.2) is 38.6 Å². The second kappa shape index (κ2) is 5.54. The summed E-state index contributed by atoms with van der Waals surface area (Å²) >= 11 is 14.5. The Morgan fingerprint density at radius 3 is 2.69 bits per heavy atom. The Bertz CT molecular complexity index is 498. The van der Waals surface area contributed by atoms with Crippen molar-refractivity contribution in [1.82, 2.24) is 0 Å². The number of hydrogen-bond donors (Lipinski definition) is 1. The lowest BCUT2D eigenvalue weighted by molar-refractivity contribution is 1.19. The lowest BCUT2D eigenvalue weighted by atomic mass is 10.3. The molecule has 0 spiro atoms. The van der Waals surface area contributed by atoms with Crippen molar-refractivity contribution < 1.29 is 0 Å². The normalized spacial score (nSPS) is 10.4. The van der Waals surface area contributed by atoms with E-state index >= 15 is 0 Å². The van der Waals surface area contributed by atoms with Crippen molar-refractivity contribution in [3.05, 3.63) is 48.5 Å². The maximum atomic E-state index is 5.86. The predicted octanol–water partition coefficient (Wildman–Crippen LogP) is 5.54. The molecule has 0 aliphatic heterocycles. The number of anilines is 1. The fourth-order valence-corrected chi connectivity index (χ4v) is 3.46. The monoisotopic (exact) mass is 379 g/mol. The van der Waals surface area contributed by atoms with Gasteiger partial charge in [-0.2, -0.15) is 0 Å². The molecule has 1 nitrogen and oxygen atoms in total. The molecule has 0 radical (unpaired) electrons. The Morgan fingerprint density at radius 1 is 1.25 bits per heavy atom. The summed E-state index contributed by atoms with van der Waals surface area (Å²) in [5.74, 6) is 0. The molecule has 0 unspecified atom stereocenters. The summed E-state index contributed by atoms with van der Waals surface area (Å²) in [6.45, 7) is 0.789. The summed E-state index contributed by atoms with van der Waals surface area (Å²) in [5, 5.41) is 6.10. The van der Waals surface area contributed by atoms with Crippen LogP contribution in [0.5, 0.6) is 0 Å². The molecule has 0 amide bonds. The van der Waals surface area contributed by atoms with E-state index in [2.05, 4.69) is 37.2 Å². The molecule has 0 aliphatic carbocycles. The highest BCUT2D eigenvalue weighted by Gasteiger charge is 2.01. The second-order valence-corrected chi connectivity index (χ2v) is 6.41. The van der Waals surface area contributed by atoms with E-state index in [4.69, 9.17) is 11.6 Å². The highest BCUT2D eigenvalue weighted by atomic mass is 79.9. The third kappa shape index (κ3) is 3.23. The lowest BCUT2D eigenvalue weighted by Gasteiger charge is -2.07. The molecule has 0 bridgehead atoms. The summed E-state index contributed by atoms with van der Waals surface area (Å²) in [6.07, 6.45) is 0. The summed E-state index contributed by atoms with van der Waals surface area (Å²) in [5.41, 5.74) is 1.08. The minimum absolute atomic E-state index is 0.789. The molecule has 5 heteroatoms. The van der Waals surface area contributed by atoms with Crippen molar-refractivity contribution in [2.24, 2.45) is 0 Å². The van der Waals surface area contributed by atoms with E-state index in [9.17, 15) is 0 Å². The Hall–Kier alpha value is -0.0300. The van der Waals surface area contributed by atoms with Crippen LogP contribution >= 0.6 is 54.8 Å². The molecule has 2 aromatic rings. The van der Waals surface area contributed by atoms with Crippen LogP contribution in [-0.2, 0) is 6.54 Å². The topological polar surface area (TPSA) is 12.0 Å². The molecule has 0 saturated carbocycles. The largest absolute Gasteiger partial charge is 0.379 e. The molecule has 0 fully saturated rings. The maximum Gasteiger partial charge on any atom is 0.0516 e. The summed E-state index contributed by atoms with van der Waals surface area (Å²) in [7, 11) is 0. The van der Waals surface area contributed by atoms with Crippen LogP contribution < -0.4 is 5.32 Å². The van der Waals surface area contributed by atoms with Crippen LogP contribution in [0.1, 0.15) is 4.88 Å². The highest BCUT2D eigenvalue weighted by Crippen LogP contribution is 2.27. The van der Waals surface area contributed by atoms with Crippen LogP contribution in [0.4, 0.5) is 5.69 Å². The molecule has 0 aliphatic rings. The molecular formula is C11H8Br2ClNS. The third-order valence-corrected chi connectivity index (χ3v) is 4.44. The van der Waals surface area contributed by atoms with E-state index in [-0.39, 0.29) is 0 Å². The van der Waals surface area contributed by atoms with Crippen LogP contribution in [0.25, 0.3) is 0 Å². The SMILES string of the molecule is Clc1csc(CNc2ccc(Br)cc2Br)c1. The van der Waals surface area contributed by atoms with Gasteiger partial charge in [-0.3, -0.25) is 0 Å². The molecule has 1 heterocycles. The smallest absolute Gasteiger partial charge is 0.0516 e. The summed E-state index contributed by atoms with van der Waals surface area (Å²) < 4.78 is 2.11. The first-order valence-corrected chi connectivity index (χ1v) is 7.41.